The quantitative estimate of drug-likeness (QED) is 0.394. The molecule has 0 aromatic heterocycles. The zero-order chi connectivity index (χ0) is 17.0. The van der Waals surface area contributed by atoms with E-state index in [0.29, 0.717) is 16.8 Å². The van der Waals surface area contributed by atoms with Crippen LogP contribution in [0, 0.1) is 16.6 Å². The molecule has 0 aliphatic rings. The fraction of sp³-hybridized carbons (Fsp3) is 0.125. The Hall–Kier alpha value is -3.09. The van der Waals surface area contributed by atoms with Crippen molar-refractivity contribution in [3.63, 3.8) is 0 Å². The third-order valence-electron chi connectivity index (χ3n) is 3.18. The number of benzene rings is 2. The average molecular weight is 316 g/mol. The summed E-state index contributed by atoms with van der Waals surface area (Å²) in [4.78, 5) is 0. The Morgan fingerprint density at radius 3 is 2.35 bits per heavy atom. The van der Waals surface area contributed by atoms with Crippen molar-refractivity contribution < 1.29 is 13.9 Å². The van der Waals surface area contributed by atoms with E-state index in [1.165, 1.54) is 31.4 Å². The fourth-order valence-corrected chi connectivity index (χ4v) is 2.02. The molecule has 0 saturated carbocycles. The molecule has 0 aliphatic heterocycles. The third kappa shape index (κ3) is 3.76. The molecule has 0 saturated heterocycles. The molecule has 0 atom stereocenters. The van der Waals surface area contributed by atoms with E-state index < -0.39 is 0 Å². The highest BCUT2D eigenvalue weighted by Gasteiger charge is 2.16. The minimum absolute atomic E-state index is 0.134. The molecule has 2 rings (SSSR count). The molecule has 7 heteroatoms. The van der Waals surface area contributed by atoms with Crippen LogP contribution in [0.4, 0.5) is 15.8 Å². The van der Waals surface area contributed by atoms with Crippen molar-refractivity contribution in [1.29, 1.82) is 10.8 Å². The number of ether oxygens (including phenoxy) is 2. The van der Waals surface area contributed by atoms with Crippen LogP contribution in [0.25, 0.3) is 0 Å². The van der Waals surface area contributed by atoms with Gasteiger partial charge in [0.2, 0.25) is 5.90 Å². The van der Waals surface area contributed by atoms with Gasteiger partial charge in [0, 0.05) is 6.42 Å². The van der Waals surface area contributed by atoms with Gasteiger partial charge >= 0.3 is 0 Å². The summed E-state index contributed by atoms with van der Waals surface area (Å²) in [5, 5.41) is 15.8. The molecule has 0 amide bonds. The normalized spacial score (nSPS) is 10.2. The number of methoxy groups -OCH3 is 1. The van der Waals surface area contributed by atoms with Gasteiger partial charge in [-0.15, -0.1) is 0 Å². The molecule has 0 radical (unpaired) electrons. The lowest BCUT2D eigenvalue weighted by molar-refractivity contribution is 0.413. The Labute approximate surface area is 132 Å². The van der Waals surface area contributed by atoms with Gasteiger partial charge in [0.1, 0.15) is 5.82 Å². The Morgan fingerprint density at radius 2 is 1.74 bits per heavy atom. The van der Waals surface area contributed by atoms with Crippen LogP contribution in [0.3, 0.4) is 0 Å². The van der Waals surface area contributed by atoms with E-state index in [-0.39, 0.29) is 35.5 Å². The smallest absolute Gasteiger partial charge is 0.224 e. The summed E-state index contributed by atoms with van der Waals surface area (Å²) in [6, 6.07) is 8.79. The molecule has 0 spiro atoms. The minimum Gasteiger partial charge on any atom is -0.494 e. The maximum atomic E-state index is 12.9. The summed E-state index contributed by atoms with van der Waals surface area (Å²) in [6.45, 7) is 0. The maximum Gasteiger partial charge on any atom is 0.224 e. The van der Waals surface area contributed by atoms with Crippen molar-refractivity contribution in [3.05, 3.63) is 53.3 Å². The number of hydrogen-bond donors (Lipinski definition) is 4. The van der Waals surface area contributed by atoms with E-state index in [0.717, 1.165) is 0 Å². The molecular weight excluding hydrogens is 299 g/mol. The Morgan fingerprint density at radius 1 is 1.09 bits per heavy atom. The van der Waals surface area contributed by atoms with E-state index in [2.05, 4.69) is 0 Å². The van der Waals surface area contributed by atoms with Gasteiger partial charge in [-0.3, -0.25) is 10.8 Å². The van der Waals surface area contributed by atoms with Gasteiger partial charge in [0.15, 0.2) is 11.6 Å². The highest BCUT2D eigenvalue weighted by Crippen LogP contribution is 2.31. The number of nitrogens with two attached hydrogens (primary N) is 2. The molecule has 120 valence electrons. The highest BCUT2D eigenvalue weighted by molar-refractivity contribution is 6.03. The van der Waals surface area contributed by atoms with Crippen molar-refractivity contribution in [2.75, 3.05) is 18.6 Å². The highest BCUT2D eigenvalue weighted by atomic mass is 19.1. The average Bonchev–Trinajstić information content (AvgIpc) is 2.51. The second kappa shape index (κ2) is 6.78. The maximum absolute atomic E-state index is 12.9. The van der Waals surface area contributed by atoms with Crippen molar-refractivity contribution in [3.8, 4) is 5.75 Å². The van der Waals surface area contributed by atoms with Crippen LogP contribution in [0.1, 0.15) is 11.1 Å². The largest absolute Gasteiger partial charge is 0.494 e. The lowest BCUT2D eigenvalue weighted by atomic mass is 10.1. The van der Waals surface area contributed by atoms with Crippen LogP contribution in [0.15, 0.2) is 36.4 Å². The van der Waals surface area contributed by atoms with E-state index in [1.807, 2.05) is 0 Å². The van der Waals surface area contributed by atoms with Gasteiger partial charge in [0.05, 0.1) is 24.0 Å². The van der Waals surface area contributed by atoms with Crippen LogP contribution in [0.2, 0.25) is 0 Å². The number of nitrogens with one attached hydrogen (secondary N) is 2. The van der Waals surface area contributed by atoms with Crippen LogP contribution >= 0.6 is 0 Å². The minimum atomic E-state index is -0.351. The number of rotatable bonds is 4. The topological polar surface area (TPSA) is 118 Å². The molecule has 6 N–H and O–H groups in total. The number of anilines is 2. The van der Waals surface area contributed by atoms with Gasteiger partial charge < -0.3 is 20.9 Å². The molecule has 0 heterocycles. The van der Waals surface area contributed by atoms with Gasteiger partial charge in [0.25, 0.3) is 0 Å². The third-order valence-corrected chi connectivity index (χ3v) is 3.18. The zero-order valence-corrected chi connectivity index (χ0v) is 12.5. The molecule has 2 aromatic carbocycles. The van der Waals surface area contributed by atoms with Gasteiger partial charge in [-0.05, 0) is 29.8 Å². The van der Waals surface area contributed by atoms with Crippen molar-refractivity contribution in [2.45, 2.75) is 6.42 Å². The van der Waals surface area contributed by atoms with Gasteiger partial charge in [-0.25, -0.2) is 4.39 Å². The van der Waals surface area contributed by atoms with Crippen LogP contribution in [-0.2, 0) is 11.2 Å². The van der Waals surface area contributed by atoms with E-state index in [4.69, 9.17) is 31.8 Å². The molecule has 0 fully saturated rings. The van der Waals surface area contributed by atoms with Gasteiger partial charge in [-0.1, -0.05) is 12.1 Å². The predicted octanol–water partition coefficient (Wildman–Crippen LogP) is 2.56. The van der Waals surface area contributed by atoms with Crippen molar-refractivity contribution in [1.82, 2.24) is 0 Å². The second-order valence-electron chi connectivity index (χ2n) is 4.81. The first-order valence-electron chi connectivity index (χ1n) is 6.73. The molecular formula is C16H17FN4O2. The number of nitrogen functional groups attached to an aromatic ring is 2. The SMILES string of the molecule is COc1c(C(=N)OC(=N)Cc2ccc(F)cc2)ccc(N)c1N. The standard InChI is InChI=1S/C16H17FN4O2/c1-22-15-11(6-7-12(18)14(15)20)16(21)23-13(19)8-9-2-4-10(17)5-3-9/h2-7,19,21H,8,18,20H2,1H3. The lowest BCUT2D eigenvalue weighted by Gasteiger charge is -2.14. The van der Waals surface area contributed by atoms with E-state index >= 15 is 0 Å². The van der Waals surface area contributed by atoms with Crippen molar-refractivity contribution >= 4 is 23.2 Å². The molecule has 23 heavy (non-hydrogen) atoms. The first-order valence-corrected chi connectivity index (χ1v) is 6.73. The summed E-state index contributed by atoms with van der Waals surface area (Å²) in [6.07, 6.45) is 0.134. The monoisotopic (exact) mass is 316 g/mol. The summed E-state index contributed by atoms with van der Waals surface area (Å²) >= 11 is 0. The first-order chi connectivity index (χ1) is 10.9. The molecule has 0 bridgehead atoms. The Balaban J connectivity index is 2.11. The molecule has 0 unspecified atom stereocenters. The Kier molecular flexibility index (Phi) is 4.80. The molecule has 2 aromatic rings. The van der Waals surface area contributed by atoms with Crippen molar-refractivity contribution in [2.24, 2.45) is 0 Å². The lowest BCUT2D eigenvalue weighted by Crippen LogP contribution is -2.15. The van der Waals surface area contributed by atoms with E-state index in [1.54, 1.807) is 12.1 Å². The summed E-state index contributed by atoms with van der Waals surface area (Å²) in [5.74, 6) is -0.555. The van der Waals surface area contributed by atoms with E-state index in [9.17, 15) is 4.39 Å². The molecule has 6 nitrogen and oxygen atoms in total. The predicted molar refractivity (Wildman–Crippen MR) is 87.6 cm³/mol. The Bertz CT molecular complexity index is 744. The molecule has 0 aliphatic carbocycles. The first kappa shape index (κ1) is 16.3. The summed E-state index contributed by atoms with van der Waals surface area (Å²) in [7, 11) is 1.41. The fourth-order valence-electron chi connectivity index (χ4n) is 2.02. The number of halogens is 1. The van der Waals surface area contributed by atoms with Gasteiger partial charge in [-0.2, -0.15) is 0 Å². The number of hydrogen-bond acceptors (Lipinski definition) is 6. The zero-order valence-electron chi connectivity index (χ0n) is 12.5. The summed E-state index contributed by atoms with van der Waals surface area (Å²) < 4.78 is 23.2. The van der Waals surface area contributed by atoms with Crippen LogP contribution in [-0.4, -0.2) is 18.9 Å². The van der Waals surface area contributed by atoms with Crippen LogP contribution in [0.5, 0.6) is 5.75 Å². The summed E-state index contributed by atoms with van der Waals surface area (Å²) in [5.41, 5.74) is 13.0. The second-order valence-corrected chi connectivity index (χ2v) is 4.81. The van der Waals surface area contributed by atoms with Crippen LogP contribution < -0.4 is 16.2 Å².